The number of para-hydroxylation sites is 2. The largest absolute Gasteiger partial charge is 0.444 e. The number of benzene rings is 2. The Morgan fingerprint density at radius 2 is 1.88 bits per heavy atom. The highest BCUT2D eigenvalue weighted by Crippen LogP contribution is 2.29. The topological polar surface area (TPSA) is 59.4 Å². The van der Waals surface area contributed by atoms with Gasteiger partial charge in [-0.25, -0.2) is 9.78 Å². The lowest BCUT2D eigenvalue weighted by molar-refractivity contribution is 0.0235. The monoisotopic (exact) mass is 474 g/mol. The first-order valence-corrected chi connectivity index (χ1v) is 11.6. The van der Waals surface area contributed by atoms with E-state index in [9.17, 15) is 4.79 Å². The fourth-order valence-electron chi connectivity index (χ4n) is 4.03. The molecule has 0 bridgehead atoms. The van der Waals surface area contributed by atoms with Crippen LogP contribution in [-0.2, 0) is 11.3 Å². The Bertz CT molecular complexity index is 1100. The van der Waals surface area contributed by atoms with Crippen molar-refractivity contribution < 1.29 is 9.53 Å². The van der Waals surface area contributed by atoms with Crippen molar-refractivity contribution in [2.24, 2.45) is 0 Å². The Labute approximate surface area is 198 Å². The van der Waals surface area contributed by atoms with Gasteiger partial charge >= 0.3 is 6.09 Å². The standard InChI is InChI=1S/C24H28Cl2N4O2/c1-24(2,3)32-23(31)29-13-7-8-16(29)14-27-22-28-20-11-4-5-12-21(20)30(22)15-17-18(25)9-6-10-19(17)26/h4-6,9-12,16H,7-8,13-15H2,1-3H3,(H,27,28)/t16-/m0/s1. The molecule has 0 saturated carbocycles. The van der Waals surface area contributed by atoms with E-state index in [0.717, 1.165) is 35.4 Å². The molecule has 2 aromatic carbocycles. The lowest BCUT2D eigenvalue weighted by Gasteiger charge is -2.28. The number of carbonyl (C=O) groups is 1. The predicted octanol–water partition coefficient (Wildman–Crippen LogP) is 6.20. The van der Waals surface area contributed by atoms with Gasteiger partial charge in [0.2, 0.25) is 5.95 Å². The van der Waals surface area contributed by atoms with Gasteiger partial charge < -0.3 is 19.5 Å². The maximum atomic E-state index is 12.6. The molecule has 170 valence electrons. The summed E-state index contributed by atoms with van der Waals surface area (Å²) in [6, 6.07) is 13.5. The summed E-state index contributed by atoms with van der Waals surface area (Å²) in [4.78, 5) is 19.2. The Morgan fingerprint density at radius 3 is 2.59 bits per heavy atom. The van der Waals surface area contributed by atoms with Crippen molar-refractivity contribution >= 4 is 46.3 Å². The molecule has 8 heteroatoms. The average Bonchev–Trinajstić information content (AvgIpc) is 3.32. The van der Waals surface area contributed by atoms with Gasteiger partial charge in [-0.05, 0) is 57.9 Å². The summed E-state index contributed by atoms with van der Waals surface area (Å²) in [6.45, 7) is 7.43. The van der Waals surface area contributed by atoms with Crippen LogP contribution >= 0.6 is 23.2 Å². The van der Waals surface area contributed by atoms with Gasteiger partial charge in [0.1, 0.15) is 5.60 Å². The summed E-state index contributed by atoms with van der Waals surface area (Å²) in [6.07, 6.45) is 1.61. The van der Waals surface area contributed by atoms with Crippen LogP contribution in [0.5, 0.6) is 0 Å². The van der Waals surface area contributed by atoms with E-state index in [4.69, 9.17) is 32.9 Å². The summed E-state index contributed by atoms with van der Waals surface area (Å²) in [5, 5.41) is 4.71. The van der Waals surface area contributed by atoms with Crippen LogP contribution in [0.2, 0.25) is 10.0 Å². The lowest BCUT2D eigenvalue weighted by Crippen LogP contribution is -2.42. The van der Waals surface area contributed by atoms with Crippen LogP contribution in [0, 0.1) is 0 Å². The van der Waals surface area contributed by atoms with Crippen LogP contribution in [0.15, 0.2) is 42.5 Å². The Hall–Kier alpha value is -2.44. The fraction of sp³-hybridized carbons (Fsp3) is 0.417. The second-order valence-electron chi connectivity index (χ2n) is 9.06. The first-order chi connectivity index (χ1) is 15.2. The molecule has 1 aromatic heterocycles. The van der Waals surface area contributed by atoms with Gasteiger partial charge in [0.25, 0.3) is 0 Å². The number of carbonyl (C=O) groups excluding carboxylic acids is 1. The first kappa shape index (κ1) is 22.7. The Balaban J connectivity index is 1.57. The average molecular weight is 475 g/mol. The second-order valence-corrected chi connectivity index (χ2v) is 9.88. The summed E-state index contributed by atoms with van der Waals surface area (Å²) >= 11 is 12.9. The SMILES string of the molecule is CC(C)(C)OC(=O)N1CCC[C@H]1CNc1nc2ccccc2n1Cc1c(Cl)cccc1Cl. The second kappa shape index (κ2) is 9.20. The van der Waals surface area contributed by atoms with Crippen LogP contribution in [0.1, 0.15) is 39.2 Å². The number of imidazole rings is 1. The van der Waals surface area contributed by atoms with Crippen LogP contribution in [0.4, 0.5) is 10.7 Å². The van der Waals surface area contributed by atoms with Crippen molar-refractivity contribution in [3.8, 4) is 0 Å². The van der Waals surface area contributed by atoms with E-state index < -0.39 is 5.60 Å². The molecule has 0 unspecified atom stereocenters. The summed E-state index contributed by atoms with van der Waals surface area (Å²) < 4.78 is 7.67. The smallest absolute Gasteiger partial charge is 0.410 e. The van der Waals surface area contributed by atoms with E-state index in [0.29, 0.717) is 29.7 Å². The molecule has 1 N–H and O–H groups in total. The molecule has 1 aliphatic rings. The molecule has 4 rings (SSSR count). The molecule has 6 nitrogen and oxygen atoms in total. The summed E-state index contributed by atoms with van der Waals surface area (Å²) in [5.74, 6) is 0.721. The number of fused-ring (bicyclic) bond motifs is 1. The number of amides is 1. The van der Waals surface area contributed by atoms with Gasteiger partial charge in [-0.1, -0.05) is 41.4 Å². The minimum atomic E-state index is -0.514. The van der Waals surface area contributed by atoms with Gasteiger partial charge in [0, 0.05) is 28.7 Å². The molecule has 1 saturated heterocycles. The zero-order valence-electron chi connectivity index (χ0n) is 18.6. The quantitative estimate of drug-likeness (QED) is 0.477. The number of anilines is 1. The lowest BCUT2D eigenvalue weighted by atomic mass is 10.2. The number of likely N-dealkylation sites (tertiary alicyclic amines) is 1. The number of nitrogens with zero attached hydrogens (tertiary/aromatic N) is 3. The molecule has 0 radical (unpaired) electrons. The fourth-order valence-corrected chi connectivity index (χ4v) is 4.55. The molecule has 1 aliphatic heterocycles. The van der Waals surface area contributed by atoms with Crippen LogP contribution in [0.3, 0.4) is 0 Å². The van der Waals surface area contributed by atoms with E-state index >= 15 is 0 Å². The number of ether oxygens (including phenoxy) is 1. The van der Waals surface area contributed by atoms with Crippen molar-refractivity contribution in [3.63, 3.8) is 0 Å². The van der Waals surface area contributed by atoms with E-state index in [1.807, 2.05) is 68.1 Å². The molecule has 2 heterocycles. The molecule has 1 fully saturated rings. The molecule has 32 heavy (non-hydrogen) atoms. The van der Waals surface area contributed by atoms with Crippen molar-refractivity contribution in [2.45, 2.75) is 51.8 Å². The van der Waals surface area contributed by atoms with Crippen LogP contribution in [0.25, 0.3) is 11.0 Å². The third-order valence-electron chi connectivity index (χ3n) is 5.53. The first-order valence-electron chi connectivity index (χ1n) is 10.8. The number of hydrogen-bond acceptors (Lipinski definition) is 4. The third kappa shape index (κ3) is 4.97. The minimum absolute atomic E-state index is 0.0435. The number of rotatable bonds is 5. The molecule has 3 aromatic rings. The van der Waals surface area contributed by atoms with E-state index in [2.05, 4.69) is 9.88 Å². The van der Waals surface area contributed by atoms with Crippen LogP contribution in [-0.4, -0.2) is 45.3 Å². The van der Waals surface area contributed by atoms with Gasteiger partial charge in [0.05, 0.1) is 23.6 Å². The molecule has 1 amide bonds. The zero-order chi connectivity index (χ0) is 22.9. The molecule has 1 atom stereocenters. The normalized spacial score (nSPS) is 16.5. The highest BCUT2D eigenvalue weighted by Gasteiger charge is 2.32. The van der Waals surface area contributed by atoms with Gasteiger partial charge in [0.15, 0.2) is 0 Å². The van der Waals surface area contributed by atoms with Crippen LogP contribution < -0.4 is 5.32 Å². The Kier molecular flexibility index (Phi) is 6.54. The number of aromatic nitrogens is 2. The van der Waals surface area contributed by atoms with Crippen molar-refractivity contribution in [1.29, 1.82) is 0 Å². The van der Waals surface area contributed by atoms with Crippen molar-refractivity contribution in [1.82, 2.24) is 14.5 Å². The number of halogens is 2. The minimum Gasteiger partial charge on any atom is -0.444 e. The van der Waals surface area contributed by atoms with Gasteiger partial charge in [-0.2, -0.15) is 0 Å². The van der Waals surface area contributed by atoms with Crippen molar-refractivity contribution in [3.05, 3.63) is 58.1 Å². The van der Waals surface area contributed by atoms with Crippen molar-refractivity contribution in [2.75, 3.05) is 18.4 Å². The van der Waals surface area contributed by atoms with E-state index in [1.165, 1.54) is 0 Å². The molecule has 0 spiro atoms. The number of hydrogen-bond donors (Lipinski definition) is 1. The number of nitrogens with one attached hydrogen (secondary N) is 1. The van der Waals surface area contributed by atoms with E-state index in [1.54, 1.807) is 0 Å². The highest BCUT2D eigenvalue weighted by molar-refractivity contribution is 6.36. The Morgan fingerprint density at radius 1 is 1.16 bits per heavy atom. The summed E-state index contributed by atoms with van der Waals surface area (Å²) in [7, 11) is 0. The highest BCUT2D eigenvalue weighted by atomic mass is 35.5. The zero-order valence-corrected chi connectivity index (χ0v) is 20.1. The maximum Gasteiger partial charge on any atom is 0.410 e. The molecular weight excluding hydrogens is 447 g/mol. The maximum absolute atomic E-state index is 12.6. The predicted molar refractivity (Wildman–Crippen MR) is 130 cm³/mol. The molecular formula is C24H28Cl2N4O2. The van der Waals surface area contributed by atoms with Gasteiger partial charge in [-0.15, -0.1) is 0 Å². The third-order valence-corrected chi connectivity index (χ3v) is 6.24. The molecule has 0 aliphatic carbocycles. The van der Waals surface area contributed by atoms with Gasteiger partial charge in [-0.3, -0.25) is 0 Å². The summed E-state index contributed by atoms with van der Waals surface area (Å²) in [5.41, 5.74) is 2.20. The van der Waals surface area contributed by atoms with E-state index in [-0.39, 0.29) is 12.1 Å².